The Hall–Kier alpha value is -2.53. The molecule has 0 bridgehead atoms. The van der Waals surface area contributed by atoms with E-state index < -0.39 is 0 Å². The highest BCUT2D eigenvalue weighted by atomic mass is 35.5. The smallest absolute Gasteiger partial charge is 0.323 e. The van der Waals surface area contributed by atoms with Gasteiger partial charge in [-0.1, -0.05) is 23.7 Å². The average molecular weight is 302 g/mol. The van der Waals surface area contributed by atoms with E-state index in [1.54, 1.807) is 43.3 Å². The standard InChI is InChI=1S/C15H12ClN3O2/c1-9-17-12-6-3-7-13(14(12)21-9)19-15(20)18-11-5-2-4-10(16)8-11/h2-8H,1H3,(H2,18,19,20). The Balaban J connectivity index is 1.80. The van der Waals surface area contributed by atoms with Crippen LogP contribution in [-0.4, -0.2) is 11.0 Å². The van der Waals surface area contributed by atoms with Gasteiger partial charge in [-0.3, -0.25) is 0 Å². The molecule has 0 fully saturated rings. The molecule has 1 heterocycles. The number of fused-ring (bicyclic) bond motifs is 1. The molecule has 0 spiro atoms. The van der Waals surface area contributed by atoms with Crippen LogP contribution >= 0.6 is 11.6 Å². The molecule has 0 aliphatic carbocycles. The van der Waals surface area contributed by atoms with E-state index in [0.29, 0.717) is 33.4 Å². The first-order valence-electron chi connectivity index (χ1n) is 6.31. The molecule has 2 amide bonds. The van der Waals surface area contributed by atoms with Crippen LogP contribution in [0.5, 0.6) is 0 Å². The first-order chi connectivity index (χ1) is 10.1. The van der Waals surface area contributed by atoms with E-state index in [2.05, 4.69) is 15.6 Å². The third-order valence-corrected chi connectivity index (χ3v) is 3.09. The van der Waals surface area contributed by atoms with Gasteiger partial charge in [-0.2, -0.15) is 0 Å². The number of aromatic nitrogens is 1. The minimum absolute atomic E-state index is 0.376. The van der Waals surface area contributed by atoms with Crippen molar-refractivity contribution < 1.29 is 9.21 Å². The maximum absolute atomic E-state index is 12.0. The summed E-state index contributed by atoms with van der Waals surface area (Å²) in [6, 6.07) is 11.9. The number of anilines is 2. The number of nitrogens with one attached hydrogen (secondary N) is 2. The Kier molecular flexibility index (Phi) is 3.50. The van der Waals surface area contributed by atoms with Crippen molar-refractivity contribution in [1.82, 2.24) is 4.98 Å². The maximum atomic E-state index is 12.0. The highest BCUT2D eigenvalue weighted by Gasteiger charge is 2.10. The molecular weight excluding hydrogens is 290 g/mol. The Morgan fingerprint density at radius 1 is 1.19 bits per heavy atom. The molecule has 0 saturated heterocycles. The number of benzene rings is 2. The van der Waals surface area contributed by atoms with Gasteiger partial charge in [-0.15, -0.1) is 0 Å². The molecule has 0 aliphatic heterocycles. The van der Waals surface area contributed by atoms with Gasteiger partial charge in [-0.05, 0) is 30.3 Å². The number of aryl methyl sites for hydroxylation is 1. The lowest BCUT2D eigenvalue weighted by Gasteiger charge is -2.07. The number of hydrogen-bond acceptors (Lipinski definition) is 3. The molecule has 106 valence electrons. The number of nitrogens with zero attached hydrogens (tertiary/aromatic N) is 1. The van der Waals surface area contributed by atoms with Gasteiger partial charge in [0.05, 0.1) is 5.69 Å². The number of rotatable bonds is 2. The van der Waals surface area contributed by atoms with E-state index in [0.717, 1.165) is 0 Å². The van der Waals surface area contributed by atoms with Crippen molar-refractivity contribution in [3.05, 3.63) is 53.4 Å². The number of carbonyl (C=O) groups is 1. The molecule has 0 radical (unpaired) electrons. The van der Waals surface area contributed by atoms with Crippen LogP contribution in [0, 0.1) is 6.92 Å². The van der Waals surface area contributed by atoms with Crippen molar-refractivity contribution in [2.75, 3.05) is 10.6 Å². The van der Waals surface area contributed by atoms with E-state index in [1.807, 2.05) is 6.07 Å². The van der Waals surface area contributed by atoms with Gasteiger partial charge in [0.1, 0.15) is 5.52 Å². The van der Waals surface area contributed by atoms with Crippen LogP contribution in [0.1, 0.15) is 5.89 Å². The van der Waals surface area contributed by atoms with Gasteiger partial charge in [0.2, 0.25) is 0 Å². The molecule has 6 heteroatoms. The summed E-state index contributed by atoms with van der Waals surface area (Å²) in [5.74, 6) is 0.550. The topological polar surface area (TPSA) is 67.2 Å². The van der Waals surface area contributed by atoms with Crippen molar-refractivity contribution in [3.8, 4) is 0 Å². The predicted molar refractivity (Wildman–Crippen MR) is 82.8 cm³/mol. The van der Waals surface area contributed by atoms with Crippen LogP contribution in [0.15, 0.2) is 46.9 Å². The average Bonchev–Trinajstić information content (AvgIpc) is 2.80. The summed E-state index contributed by atoms with van der Waals surface area (Å²) in [5.41, 5.74) is 2.43. The second-order valence-corrected chi connectivity index (χ2v) is 4.91. The number of urea groups is 1. The second-order valence-electron chi connectivity index (χ2n) is 4.48. The van der Waals surface area contributed by atoms with Crippen LogP contribution in [0.2, 0.25) is 5.02 Å². The van der Waals surface area contributed by atoms with Gasteiger partial charge in [0, 0.05) is 17.6 Å². The van der Waals surface area contributed by atoms with Crippen LogP contribution in [-0.2, 0) is 0 Å². The van der Waals surface area contributed by atoms with Gasteiger partial charge < -0.3 is 15.1 Å². The van der Waals surface area contributed by atoms with Crippen molar-refractivity contribution in [2.45, 2.75) is 6.92 Å². The molecule has 2 N–H and O–H groups in total. The first-order valence-corrected chi connectivity index (χ1v) is 6.69. The van der Waals surface area contributed by atoms with Crippen molar-refractivity contribution in [3.63, 3.8) is 0 Å². The molecule has 21 heavy (non-hydrogen) atoms. The highest BCUT2D eigenvalue weighted by molar-refractivity contribution is 6.30. The number of para-hydroxylation sites is 1. The summed E-state index contributed by atoms with van der Waals surface area (Å²) in [6.45, 7) is 1.76. The Morgan fingerprint density at radius 2 is 2.00 bits per heavy atom. The van der Waals surface area contributed by atoms with Gasteiger partial charge >= 0.3 is 6.03 Å². The molecular formula is C15H12ClN3O2. The Bertz CT molecular complexity index is 814. The number of amides is 2. The number of hydrogen-bond donors (Lipinski definition) is 2. The van der Waals surface area contributed by atoms with E-state index in [9.17, 15) is 4.79 Å². The minimum Gasteiger partial charge on any atom is -0.439 e. The highest BCUT2D eigenvalue weighted by Crippen LogP contribution is 2.24. The summed E-state index contributed by atoms with van der Waals surface area (Å²) in [5, 5.41) is 6.00. The van der Waals surface area contributed by atoms with Gasteiger partial charge in [0.15, 0.2) is 11.5 Å². The summed E-state index contributed by atoms with van der Waals surface area (Å²) < 4.78 is 5.49. The summed E-state index contributed by atoms with van der Waals surface area (Å²) in [6.07, 6.45) is 0. The summed E-state index contributed by atoms with van der Waals surface area (Å²) >= 11 is 5.87. The second kappa shape index (κ2) is 5.46. The zero-order valence-corrected chi connectivity index (χ0v) is 11.9. The van der Waals surface area contributed by atoms with Crippen molar-refractivity contribution >= 4 is 40.1 Å². The lowest BCUT2D eigenvalue weighted by molar-refractivity contribution is 0.262. The molecule has 3 aromatic rings. The van der Waals surface area contributed by atoms with E-state index in [1.165, 1.54) is 0 Å². The van der Waals surface area contributed by atoms with Crippen LogP contribution in [0.3, 0.4) is 0 Å². The fourth-order valence-corrected chi connectivity index (χ4v) is 2.20. The Labute approximate surface area is 125 Å². The van der Waals surface area contributed by atoms with Crippen molar-refractivity contribution in [1.29, 1.82) is 0 Å². The monoisotopic (exact) mass is 301 g/mol. The molecule has 0 aliphatic rings. The number of oxazole rings is 1. The first kappa shape index (κ1) is 13.5. The van der Waals surface area contributed by atoms with Gasteiger partial charge in [-0.25, -0.2) is 9.78 Å². The molecule has 0 atom stereocenters. The molecule has 1 aromatic heterocycles. The lowest BCUT2D eigenvalue weighted by Crippen LogP contribution is -2.19. The molecule has 0 unspecified atom stereocenters. The number of halogens is 1. The maximum Gasteiger partial charge on any atom is 0.323 e. The molecule has 2 aromatic carbocycles. The quantitative estimate of drug-likeness (QED) is 0.735. The SMILES string of the molecule is Cc1nc2cccc(NC(=O)Nc3cccc(Cl)c3)c2o1. The van der Waals surface area contributed by atoms with Crippen molar-refractivity contribution in [2.24, 2.45) is 0 Å². The molecule has 3 rings (SSSR count). The Morgan fingerprint density at radius 3 is 2.81 bits per heavy atom. The predicted octanol–water partition coefficient (Wildman–Crippen LogP) is 4.43. The largest absolute Gasteiger partial charge is 0.439 e. The normalized spacial score (nSPS) is 10.6. The van der Waals surface area contributed by atoms with E-state index in [-0.39, 0.29) is 6.03 Å². The van der Waals surface area contributed by atoms with Crippen LogP contribution in [0.4, 0.5) is 16.2 Å². The summed E-state index contributed by atoms with van der Waals surface area (Å²) in [7, 11) is 0. The van der Waals surface area contributed by atoms with Crippen LogP contribution in [0.25, 0.3) is 11.1 Å². The fraction of sp³-hybridized carbons (Fsp3) is 0.0667. The van der Waals surface area contributed by atoms with Crippen LogP contribution < -0.4 is 10.6 Å². The molecule has 0 saturated carbocycles. The zero-order chi connectivity index (χ0) is 14.8. The summed E-state index contributed by atoms with van der Waals surface area (Å²) in [4.78, 5) is 16.2. The van der Waals surface area contributed by atoms with E-state index in [4.69, 9.17) is 16.0 Å². The number of carbonyl (C=O) groups excluding carboxylic acids is 1. The van der Waals surface area contributed by atoms with Gasteiger partial charge in [0.25, 0.3) is 0 Å². The third-order valence-electron chi connectivity index (χ3n) is 2.85. The zero-order valence-electron chi connectivity index (χ0n) is 11.2. The fourth-order valence-electron chi connectivity index (χ4n) is 2.01. The molecule has 5 nitrogen and oxygen atoms in total. The minimum atomic E-state index is -0.376. The van der Waals surface area contributed by atoms with E-state index >= 15 is 0 Å². The third kappa shape index (κ3) is 2.98. The lowest BCUT2D eigenvalue weighted by atomic mass is 10.3.